The first-order chi connectivity index (χ1) is 17.0. The van der Waals surface area contributed by atoms with E-state index in [1.54, 1.807) is 52.0 Å². The molecule has 0 aliphatic heterocycles. The zero-order valence-electron chi connectivity index (χ0n) is 20.6. The van der Waals surface area contributed by atoms with E-state index in [9.17, 15) is 19.2 Å². The molecule has 0 unspecified atom stereocenters. The van der Waals surface area contributed by atoms with Crippen molar-refractivity contribution >= 4 is 24.2 Å². The molecule has 0 amide bonds. The van der Waals surface area contributed by atoms with E-state index >= 15 is 0 Å². The quantitative estimate of drug-likeness (QED) is 0.204. The highest BCUT2D eigenvalue weighted by molar-refractivity contribution is 5.93. The van der Waals surface area contributed by atoms with Crippen LogP contribution in [0.1, 0.15) is 54.1 Å². The van der Waals surface area contributed by atoms with Crippen molar-refractivity contribution in [1.29, 1.82) is 0 Å². The van der Waals surface area contributed by atoms with Crippen molar-refractivity contribution < 1.29 is 58.3 Å². The van der Waals surface area contributed by atoms with Gasteiger partial charge in [-0.25, -0.2) is 29.0 Å². The molecule has 12 heteroatoms. The van der Waals surface area contributed by atoms with Gasteiger partial charge in [-0.1, -0.05) is 35.4 Å². The van der Waals surface area contributed by atoms with Gasteiger partial charge in [0.05, 0.1) is 21.2 Å². The average molecular weight is 506 g/mol. The van der Waals surface area contributed by atoms with E-state index in [4.69, 9.17) is 0 Å². The van der Waals surface area contributed by atoms with Crippen molar-refractivity contribution in [2.75, 3.05) is 13.2 Å². The summed E-state index contributed by atoms with van der Waals surface area (Å²) in [5.41, 5.74) is 5.10. The predicted molar refractivity (Wildman–Crippen MR) is 119 cm³/mol. The average Bonchev–Trinajstić information content (AvgIpc) is 2.75. The fraction of sp³-hybridized carbons (Fsp3) is 0.333. The summed E-state index contributed by atoms with van der Waals surface area (Å²) in [6.45, 7) is 9.70. The standard InChI is InChI=1S/C24H26O12/c1-13-9-15(3)19(16(4)10-13)21(25)31-35-33-23(27)29-7-8-30-24(28)34-36-32-22(26)20-17(5)11-14(2)12-18(20)6/h9-12H,7-8H2,1-6H3. The number of rotatable bonds is 9. The summed E-state index contributed by atoms with van der Waals surface area (Å²) in [4.78, 5) is 64.2. The Labute approximate surface area is 206 Å². The lowest BCUT2D eigenvalue weighted by atomic mass is 10.0. The van der Waals surface area contributed by atoms with E-state index in [2.05, 4.69) is 39.1 Å². The molecule has 0 fully saturated rings. The van der Waals surface area contributed by atoms with Gasteiger partial charge >= 0.3 is 24.2 Å². The molecule has 0 aliphatic rings. The molecule has 0 radical (unpaired) electrons. The largest absolute Gasteiger partial charge is 0.543 e. The maximum Gasteiger partial charge on any atom is 0.543 e. The molecule has 2 aromatic rings. The first-order valence-electron chi connectivity index (χ1n) is 10.6. The van der Waals surface area contributed by atoms with Gasteiger partial charge in [-0.05, 0) is 63.8 Å². The molecule has 0 saturated heterocycles. The lowest BCUT2D eigenvalue weighted by molar-refractivity contribution is -0.453. The molecular formula is C24H26O12. The van der Waals surface area contributed by atoms with E-state index < -0.39 is 37.5 Å². The molecule has 12 nitrogen and oxygen atoms in total. The summed E-state index contributed by atoms with van der Waals surface area (Å²) < 4.78 is 9.09. The Bertz CT molecular complexity index is 1000. The second-order valence-electron chi connectivity index (χ2n) is 7.79. The lowest BCUT2D eigenvalue weighted by Gasteiger charge is -2.09. The van der Waals surface area contributed by atoms with Crippen molar-refractivity contribution in [1.82, 2.24) is 0 Å². The lowest BCUT2D eigenvalue weighted by Crippen LogP contribution is -2.18. The summed E-state index contributed by atoms with van der Waals surface area (Å²) in [6, 6.07) is 7.13. The summed E-state index contributed by atoms with van der Waals surface area (Å²) in [5, 5.41) is 8.28. The summed E-state index contributed by atoms with van der Waals surface area (Å²) in [7, 11) is 0. The minimum atomic E-state index is -1.37. The Balaban J connectivity index is 1.61. The maximum atomic E-state index is 12.1. The number of carbonyl (C=O) groups excluding carboxylic acids is 4. The summed E-state index contributed by atoms with van der Waals surface area (Å²) in [5.74, 6) is -1.73. The Hall–Kier alpha value is -4.16. The molecule has 194 valence electrons. The Morgan fingerprint density at radius 2 is 0.833 bits per heavy atom. The molecule has 0 spiro atoms. The zero-order chi connectivity index (χ0) is 26.8. The van der Waals surface area contributed by atoms with E-state index in [1.807, 2.05) is 13.8 Å². The molecule has 0 bridgehead atoms. The molecule has 2 rings (SSSR count). The smallest absolute Gasteiger partial charge is 0.429 e. The minimum absolute atomic E-state index is 0.265. The molecule has 0 N–H and O–H groups in total. The van der Waals surface area contributed by atoms with Gasteiger partial charge in [0.25, 0.3) is 0 Å². The summed E-state index contributed by atoms with van der Waals surface area (Å²) >= 11 is 0. The van der Waals surface area contributed by atoms with Crippen LogP contribution in [0.5, 0.6) is 0 Å². The van der Waals surface area contributed by atoms with Crippen LogP contribution in [-0.4, -0.2) is 37.5 Å². The highest BCUT2D eigenvalue weighted by Crippen LogP contribution is 2.18. The van der Waals surface area contributed by atoms with Gasteiger partial charge in [-0.2, -0.15) is 0 Å². The molecule has 0 atom stereocenters. The Morgan fingerprint density at radius 1 is 0.528 bits per heavy atom. The Morgan fingerprint density at radius 3 is 1.14 bits per heavy atom. The van der Waals surface area contributed by atoms with Crippen LogP contribution in [0, 0.1) is 41.5 Å². The minimum Gasteiger partial charge on any atom is -0.429 e. The fourth-order valence-electron chi connectivity index (χ4n) is 3.54. The van der Waals surface area contributed by atoms with Gasteiger partial charge in [0.2, 0.25) is 0 Å². The second kappa shape index (κ2) is 13.1. The van der Waals surface area contributed by atoms with Crippen LogP contribution >= 0.6 is 0 Å². The fourth-order valence-corrected chi connectivity index (χ4v) is 3.54. The van der Waals surface area contributed by atoms with Crippen LogP contribution in [0.3, 0.4) is 0 Å². The van der Waals surface area contributed by atoms with Gasteiger partial charge < -0.3 is 9.47 Å². The number of benzene rings is 2. The molecule has 0 saturated carbocycles. The highest BCUT2D eigenvalue weighted by Gasteiger charge is 2.19. The molecular weight excluding hydrogens is 480 g/mol. The SMILES string of the molecule is Cc1cc(C)c(C(=O)OOOC(=O)OCCOC(=O)OOOC(=O)c2c(C)cc(C)cc2C)c(C)c1. The number of hydrogen-bond acceptors (Lipinski definition) is 12. The van der Waals surface area contributed by atoms with Gasteiger partial charge in [0.15, 0.2) is 0 Å². The highest BCUT2D eigenvalue weighted by atomic mass is 17.5. The summed E-state index contributed by atoms with van der Waals surface area (Å²) in [6.07, 6.45) is -2.74. The first kappa shape index (κ1) is 28.1. The Kier molecular flexibility index (Phi) is 10.2. The van der Waals surface area contributed by atoms with Crippen LogP contribution in [0.4, 0.5) is 9.59 Å². The van der Waals surface area contributed by atoms with Gasteiger partial charge in [-0.15, -0.1) is 0 Å². The van der Waals surface area contributed by atoms with E-state index in [-0.39, 0.29) is 11.1 Å². The number of hydrogen-bond donors (Lipinski definition) is 0. The van der Waals surface area contributed by atoms with E-state index in [0.717, 1.165) is 11.1 Å². The van der Waals surface area contributed by atoms with Gasteiger partial charge in [0, 0.05) is 0 Å². The number of carbonyl (C=O) groups is 4. The van der Waals surface area contributed by atoms with Crippen LogP contribution in [0.15, 0.2) is 24.3 Å². The van der Waals surface area contributed by atoms with Crippen LogP contribution < -0.4 is 0 Å². The van der Waals surface area contributed by atoms with Crippen molar-refractivity contribution in [3.63, 3.8) is 0 Å². The number of ether oxygens (including phenoxy) is 2. The van der Waals surface area contributed by atoms with Crippen molar-refractivity contribution in [2.24, 2.45) is 0 Å². The van der Waals surface area contributed by atoms with Crippen molar-refractivity contribution in [2.45, 2.75) is 41.5 Å². The maximum absolute atomic E-state index is 12.1. The van der Waals surface area contributed by atoms with Gasteiger partial charge in [0.1, 0.15) is 13.2 Å². The molecule has 0 aliphatic carbocycles. The van der Waals surface area contributed by atoms with E-state index in [0.29, 0.717) is 22.3 Å². The van der Waals surface area contributed by atoms with Gasteiger partial charge in [-0.3, -0.25) is 9.78 Å². The predicted octanol–water partition coefficient (Wildman–Crippen LogP) is 4.55. The third-order valence-corrected chi connectivity index (χ3v) is 4.71. The molecule has 0 heterocycles. The van der Waals surface area contributed by atoms with Crippen LogP contribution in [0.25, 0.3) is 0 Å². The topological polar surface area (TPSA) is 142 Å². The second-order valence-corrected chi connectivity index (χ2v) is 7.79. The van der Waals surface area contributed by atoms with E-state index in [1.165, 1.54) is 0 Å². The van der Waals surface area contributed by atoms with Crippen molar-refractivity contribution in [3.05, 3.63) is 68.8 Å². The third kappa shape index (κ3) is 8.25. The normalized spacial score (nSPS) is 10.3. The van der Waals surface area contributed by atoms with Crippen LogP contribution in [0.2, 0.25) is 0 Å². The third-order valence-electron chi connectivity index (χ3n) is 4.71. The molecule has 0 aromatic heterocycles. The number of aryl methyl sites for hydroxylation is 6. The van der Waals surface area contributed by atoms with Crippen LogP contribution in [-0.2, 0) is 39.1 Å². The van der Waals surface area contributed by atoms with Crippen molar-refractivity contribution in [3.8, 4) is 0 Å². The molecule has 36 heavy (non-hydrogen) atoms. The monoisotopic (exact) mass is 506 g/mol. The molecule has 2 aromatic carbocycles. The zero-order valence-corrected chi connectivity index (χ0v) is 20.6. The first-order valence-corrected chi connectivity index (χ1v) is 10.6.